The highest BCUT2D eigenvalue weighted by molar-refractivity contribution is 6.01. The van der Waals surface area contributed by atoms with Gasteiger partial charge in [0.15, 0.2) is 0 Å². The molecule has 0 aliphatic carbocycles. The molecule has 4 N–H and O–H groups in total. The summed E-state index contributed by atoms with van der Waals surface area (Å²) in [6.45, 7) is 6.05. The van der Waals surface area contributed by atoms with Gasteiger partial charge >= 0.3 is 18.0 Å². The molecule has 8 heteroatoms. The van der Waals surface area contributed by atoms with Crippen molar-refractivity contribution in [3.63, 3.8) is 0 Å². The smallest absolute Gasteiger partial charge is 0.327 e. The summed E-state index contributed by atoms with van der Waals surface area (Å²) in [5, 5.41) is 19.5. The number of nitrogens with one attached hydrogen (secondary N) is 2. The van der Waals surface area contributed by atoms with Crippen molar-refractivity contribution in [2.75, 3.05) is 6.54 Å². The summed E-state index contributed by atoms with van der Waals surface area (Å²) in [7, 11) is 0. The highest BCUT2D eigenvalue weighted by Gasteiger charge is 2.14. The van der Waals surface area contributed by atoms with Crippen LogP contribution in [0.2, 0.25) is 0 Å². The third-order valence-corrected chi connectivity index (χ3v) is 1.01. The van der Waals surface area contributed by atoms with Gasteiger partial charge in [0.25, 0.3) is 0 Å². The predicted octanol–water partition coefficient (Wildman–Crippen LogP) is -0.660. The fourth-order valence-electron chi connectivity index (χ4n) is 0.376. The standard InChI is InChI=1S/C3H4N2O2.2C3H4O2/c6-2-1-4-3(7)5-2;2*1-2-3(4)5/h1H2,(H2,4,5,6,7);2*2H,1H2,(H,4,5). The SMILES string of the molecule is C=CC(=O)O.C=CC(=O)O.O=C1CNC(=O)N1. The quantitative estimate of drug-likeness (QED) is 0.376. The Kier molecular flexibility index (Phi) is 9.77. The van der Waals surface area contributed by atoms with Crippen LogP contribution in [0.15, 0.2) is 25.3 Å². The maximum absolute atomic E-state index is 10.1. The highest BCUT2D eigenvalue weighted by Crippen LogP contribution is 1.73. The average Bonchev–Trinajstić information content (AvgIpc) is 2.64. The number of hydrogen-bond donors (Lipinski definition) is 4. The van der Waals surface area contributed by atoms with Crippen molar-refractivity contribution >= 4 is 23.9 Å². The van der Waals surface area contributed by atoms with Crippen molar-refractivity contribution < 1.29 is 29.4 Å². The van der Waals surface area contributed by atoms with Gasteiger partial charge in [-0.05, 0) is 0 Å². The Bertz CT molecular complexity index is 304. The lowest BCUT2D eigenvalue weighted by molar-refractivity contribution is -0.132. The van der Waals surface area contributed by atoms with Crippen LogP contribution in [0.1, 0.15) is 0 Å². The predicted molar refractivity (Wildman–Crippen MR) is 57.2 cm³/mol. The van der Waals surface area contributed by atoms with Crippen molar-refractivity contribution in [1.82, 2.24) is 10.6 Å². The number of aliphatic carboxylic acids is 2. The largest absolute Gasteiger partial charge is 0.478 e. The molecule has 0 aromatic rings. The Balaban J connectivity index is 0. The molecule has 1 rings (SSSR count). The Labute approximate surface area is 96.6 Å². The van der Waals surface area contributed by atoms with Crippen LogP contribution in [-0.4, -0.2) is 40.6 Å². The molecule has 0 saturated carbocycles. The number of hydrogen-bond acceptors (Lipinski definition) is 4. The van der Waals surface area contributed by atoms with E-state index in [1.54, 1.807) is 0 Å². The van der Waals surface area contributed by atoms with E-state index >= 15 is 0 Å². The van der Waals surface area contributed by atoms with Crippen LogP contribution in [0.3, 0.4) is 0 Å². The second-order valence-corrected chi connectivity index (χ2v) is 2.32. The van der Waals surface area contributed by atoms with E-state index in [1.807, 2.05) is 5.32 Å². The molecule has 17 heavy (non-hydrogen) atoms. The number of urea groups is 1. The lowest BCUT2D eigenvalue weighted by Gasteiger charge is -1.78. The van der Waals surface area contributed by atoms with Crippen molar-refractivity contribution in [3.8, 4) is 0 Å². The number of carboxylic acids is 2. The monoisotopic (exact) mass is 244 g/mol. The molecule has 3 amide bonds. The van der Waals surface area contributed by atoms with E-state index in [0.717, 1.165) is 12.2 Å². The zero-order valence-corrected chi connectivity index (χ0v) is 8.80. The number of rotatable bonds is 2. The minimum atomic E-state index is -0.981. The van der Waals surface area contributed by atoms with Crippen LogP contribution in [0.4, 0.5) is 4.79 Å². The van der Waals surface area contributed by atoms with E-state index in [1.165, 1.54) is 0 Å². The van der Waals surface area contributed by atoms with Crippen LogP contribution in [0, 0.1) is 0 Å². The normalized spacial score (nSPS) is 11.5. The number of imide groups is 1. The van der Waals surface area contributed by atoms with E-state index in [9.17, 15) is 19.2 Å². The van der Waals surface area contributed by atoms with Gasteiger partial charge in [-0.1, -0.05) is 13.2 Å². The van der Waals surface area contributed by atoms with Gasteiger partial charge < -0.3 is 15.5 Å². The summed E-state index contributed by atoms with van der Waals surface area (Å²) >= 11 is 0. The van der Waals surface area contributed by atoms with Gasteiger partial charge in [-0.15, -0.1) is 0 Å². The molecule has 1 fully saturated rings. The van der Waals surface area contributed by atoms with E-state index in [2.05, 4.69) is 18.5 Å². The van der Waals surface area contributed by atoms with E-state index < -0.39 is 18.0 Å². The summed E-state index contributed by atoms with van der Waals surface area (Å²) in [4.78, 5) is 38.6. The summed E-state index contributed by atoms with van der Waals surface area (Å²) < 4.78 is 0. The first kappa shape index (κ1) is 16.8. The average molecular weight is 244 g/mol. The first-order chi connectivity index (χ1) is 7.83. The van der Waals surface area contributed by atoms with Crippen LogP contribution in [0.5, 0.6) is 0 Å². The molecular formula is C9H12N2O6. The second kappa shape index (κ2) is 9.90. The summed E-state index contributed by atoms with van der Waals surface area (Å²) in [6.07, 6.45) is 1.67. The minimum Gasteiger partial charge on any atom is -0.478 e. The van der Waals surface area contributed by atoms with E-state index in [-0.39, 0.29) is 12.5 Å². The summed E-state index contributed by atoms with van der Waals surface area (Å²) in [6, 6.07) is -0.398. The fourth-order valence-corrected chi connectivity index (χ4v) is 0.376. The molecule has 0 bridgehead atoms. The number of carboxylic acid groups (broad SMARTS) is 2. The molecule has 94 valence electrons. The Hall–Kier alpha value is -2.64. The topological polar surface area (TPSA) is 133 Å². The lowest BCUT2D eigenvalue weighted by atomic mass is 10.7. The molecule has 0 atom stereocenters. The highest BCUT2D eigenvalue weighted by atomic mass is 16.4. The van der Waals surface area contributed by atoms with Crippen LogP contribution in [0.25, 0.3) is 0 Å². The summed E-state index contributed by atoms with van der Waals surface area (Å²) in [5.74, 6) is -2.22. The number of carbonyl (C=O) groups is 4. The Morgan fingerprint density at radius 2 is 1.47 bits per heavy atom. The van der Waals surface area contributed by atoms with Gasteiger partial charge in [0, 0.05) is 12.2 Å². The Morgan fingerprint density at radius 3 is 1.53 bits per heavy atom. The van der Waals surface area contributed by atoms with Gasteiger partial charge in [0.1, 0.15) is 0 Å². The van der Waals surface area contributed by atoms with Crippen LogP contribution in [-0.2, 0) is 14.4 Å². The van der Waals surface area contributed by atoms with E-state index in [4.69, 9.17) is 10.2 Å². The fraction of sp³-hybridized carbons (Fsp3) is 0.111. The molecule has 1 aliphatic rings. The van der Waals surface area contributed by atoms with Gasteiger partial charge in [0.05, 0.1) is 6.54 Å². The van der Waals surface area contributed by atoms with Crippen molar-refractivity contribution in [3.05, 3.63) is 25.3 Å². The molecule has 0 spiro atoms. The second-order valence-electron chi connectivity index (χ2n) is 2.32. The van der Waals surface area contributed by atoms with Crippen LogP contribution >= 0.6 is 0 Å². The van der Waals surface area contributed by atoms with Crippen molar-refractivity contribution in [2.45, 2.75) is 0 Å². The molecule has 0 radical (unpaired) electrons. The number of amides is 3. The zero-order valence-electron chi connectivity index (χ0n) is 8.80. The van der Waals surface area contributed by atoms with Gasteiger partial charge in [-0.2, -0.15) is 0 Å². The molecule has 1 saturated heterocycles. The minimum absolute atomic E-state index is 0.124. The van der Waals surface area contributed by atoms with E-state index in [0.29, 0.717) is 0 Å². The molecule has 8 nitrogen and oxygen atoms in total. The van der Waals surface area contributed by atoms with Gasteiger partial charge in [-0.25, -0.2) is 14.4 Å². The third-order valence-electron chi connectivity index (χ3n) is 1.01. The Morgan fingerprint density at radius 1 is 1.12 bits per heavy atom. The summed E-state index contributed by atoms with van der Waals surface area (Å²) in [5.41, 5.74) is 0. The first-order valence-electron chi connectivity index (χ1n) is 4.11. The molecule has 1 heterocycles. The zero-order chi connectivity index (χ0) is 13.8. The molecule has 0 aromatic carbocycles. The lowest BCUT2D eigenvalue weighted by Crippen LogP contribution is -2.22. The molecule has 0 unspecified atom stereocenters. The van der Waals surface area contributed by atoms with Gasteiger partial charge in [-0.3, -0.25) is 10.1 Å². The first-order valence-corrected chi connectivity index (χ1v) is 4.11. The van der Waals surface area contributed by atoms with Crippen molar-refractivity contribution in [2.24, 2.45) is 0 Å². The van der Waals surface area contributed by atoms with Crippen LogP contribution < -0.4 is 10.6 Å². The maximum atomic E-state index is 10.1. The van der Waals surface area contributed by atoms with Crippen molar-refractivity contribution in [1.29, 1.82) is 0 Å². The maximum Gasteiger partial charge on any atom is 0.327 e. The molecule has 1 aliphatic heterocycles. The molecule has 0 aromatic heterocycles. The molecular weight excluding hydrogens is 232 g/mol. The van der Waals surface area contributed by atoms with Gasteiger partial charge in [0.2, 0.25) is 5.91 Å². The third kappa shape index (κ3) is 16.1. The number of carbonyl (C=O) groups excluding carboxylic acids is 2.